The maximum Gasteiger partial charge on any atom is 0.330 e. The van der Waals surface area contributed by atoms with E-state index in [1.165, 1.54) is 18.2 Å². The van der Waals surface area contributed by atoms with Crippen molar-refractivity contribution in [1.29, 1.82) is 0 Å². The van der Waals surface area contributed by atoms with E-state index in [0.29, 0.717) is 0 Å². The number of fused-ring (bicyclic) bond motifs is 1. The van der Waals surface area contributed by atoms with Crippen molar-refractivity contribution in [2.45, 2.75) is 19.3 Å². The minimum atomic E-state index is -0.254. The minimum Gasteiger partial charge on any atom is -0.466 e. The summed E-state index contributed by atoms with van der Waals surface area (Å²) in [6.45, 7) is 0. The van der Waals surface area contributed by atoms with Crippen LogP contribution in [0, 0.1) is 0 Å². The zero-order valence-corrected chi connectivity index (χ0v) is 10.7. The van der Waals surface area contributed by atoms with Crippen LogP contribution in [-0.4, -0.2) is 13.1 Å². The maximum absolute atomic E-state index is 11.1. The van der Waals surface area contributed by atoms with Crippen LogP contribution in [0.5, 0.6) is 0 Å². The number of rotatable bonds is 1. The third-order valence-electron chi connectivity index (χ3n) is 2.82. The second-order valence-corrected chi connectivity index (χ2v) is 4.83. The van der Waals surface area contributed by atoms with Gasteiger partial charge in [-0.05, 0) is 42.5 Å². The summed E-state index contributed by atoms with van der Waals surface area (Å²) in [7, 11) is 1.41. The third kappa shape index (κ3) is 2.53. The molecule has 0 saturated heterocycles. The van der Waals surface area contributed by atoms with Crippen molar-refractivity contribution in [2.24, 2.45) is 0 Å². The summed E-state index contributed by atoms with van der Waals surface area (Å²) in [5.41, 5.74) is 3.84. The van der Waals surface area contributed by atoms with Crippen LogP contribution in [0.15, 0.2) is 34.3 Å². The standard InChI is InChI=1S/C13H13BrO2/c1-16-13(15)7-9-2-3-11-8-12(14)5-4-10(11)6-9/h4-5,7-8H,2-3,6H2,1H3/b9-7-. The van der Waals surface area contributed by atoms with Gasteiger partial charge < -0.3 is 4.74 Å². The Morgan fingerprint density at radius 3 is 2.94 bits per heavy atom. The quantitative estimate of drug-likeness (QED) is 0.584. The number of methoxy groups -OCH3 is 1. The van der Waals surface area contributed by atoms with E-state index in [2.05, 4.69) is 32.8 Å². The van der Waals surface area contributed by atoms with Crippen molar-refractivity contribution in [1.82, 2.24) is 0 Å². The molecule has 0 amide bonds. The average Bonchev–Trinajstić information content (AvgIpc) is 2.29. The topological polar surface area (TPSA) is 26.3 Å². The molecule has 3 heteroatoms. The van der Waals surface area contributed by atoms with Crippen molar-refractivity contribution in [3.8, 4) is 0 Å². The molecule has 1 aromatic carbocycles. The Morgan fingerprint density at radius 2 is 2.19 bits per heavy atom. The summed E-state index contributed by atoms with van der Waals surface area (Å²) >= 11 is 3.47. The Balaban J connectivity index is 2.21. The third-order valence-corrected chi connectivity index (χ3v) is 3.32. The van der Waals surface area contributed by atoms with Gasteiger partial charge >= 0.3 is 5.97 Å². The normalized spacial score (nSPS) is 17.0. The van der Waals surface area contributed by atoms with Gasteiger partial charge in [-0.3, -0.25) is 0 Å². The maximum atomic E-state index is 11.1. The van der Waals surface area contributed by atoms with Gasteiger partial charge in [-0.2, -0.15) is 0 Å². The first-order chi connectivity index (χ1) is 7.69. The van der Waals surface area contributed by atoms with Gasteiger partial charge in [0.15, 0.2) is 0 Å². The molecule has 0 unspecified atom stereocenters. The second-order valence-electron chi connectivity index (χ2n) is 3.92. The number of allylic oxidation sites excluding steroid dienone is 1. The Hall–Kier alpha value is -1.09. The predicted octanol–water partition coefficient (Wildman–Crippen LogP) is 3.04. The number of halogens is 1. The lowest BCUT2D eigenvalue weighted by molar-refractivity contribution is -0.134. The monoisotopic (exact) mass is 280 g/mol. The Morgan fingerprint density at radius 1 is 1.38 bits per heavy atom. The van der Waals surface area contributed by atoms with Crippen LogP contribution < -0.4 is 0 Å². The Labute approximate surface area is 103 Å². The predicted molar refractivity (Wildman–Crippen MR) is 66.3 cm³/mol. The molecule has 0 aromatic heterocycles. The molecule has 1 aromatic rings. The highest BCUT2D eigenvalue weighted by Crippen LogP contribution is 2.27. The molecule has 0 atom stereocenters. The van der Waals surface area contributed by atoms with Crippen molar-refractivity contribution in [2.75, 3.05) is 7.11 Å². The van der Waals surface area contributed by atoms with Crippen LogP contribution >= 0.6 is 15.9 Å². The smallest absolute Gasteiger partial charge is 0.330 e. The molecule has 0 aliphatic heterocycles. The fourth-order valence-electron chi connectivity index (χ4n) is 1.98. The molecule has 0 spiro atoms. The highest BCUT2D eigenvalue weighted by molar-refractivity contribution is 9.10. The number of hydrogen-bond donors (Lipinski definition) is 0. The number of benzene rings is 1. The van der Waals surface area contributed by atoms with E-state index in [0.717, 1.165) is 29.3 Å². The molecule has 16 heavy (non-hydrogen) atoms. The summed E-state index contributed by atoms with van der Waals surface area (Å²) in [6, 6.07) is 6.31. The summed E-state index contributed by atoms with van der Waals surface area (Å²) in [4.78, 5) is 11.1. The highest BCUT2D eigenvalue weighted by atomic mass is 79.9. The number of aryl methyl sites for hydroxylation is 1. The molecule has 2 nitrogen and oxygen atoms in total. The lowest BCUT2D eigenvalue weighted by Crippen LogP contribution is -2.08. The van der Waals surface area contributed by atoms with Crippen molar-refractivity contribution < 1.29 is 9.53 Å². The number of carbonyl (C=O) groups is 1. The molecule has 0 saturated carbocycles. The molecule has 0 fully saturated rings. The van der Waals surface area contributed by atoms with E-state index in [4.69, 9.17) is 0 Å². The molecule has 0 radical (unpaired) electrons. The van der Waals surface area contributed by atoms with Gasteiger partial charge in [0.05, 0.1) is 7.11 Å². The molecule has 1 aliphatic rings. The minimum absolute atomic E-state index is 0.254. The molecule has 1 aliphatic carbocycles. The van der Waals surface area contributed by atoms with Gasteiger partial charge in [-0.1, -0.05) is 27.6 Å². The van der Waals surface area contributed by atoms with Crippen LogP contribution in [0.2, 0.25) is 0 Å². The van der Waals surface area contributed by atoms with Gasteiger partial charge in [0.25, 0.3) is 0 Å². The summed E-state index contributed by atoms with van der Waals surface area (Å²) in [5, 5.41) is 0. The SMILES string of the molecule is COC(=O)/C=C1/CCc2cc(Br)ccc2C1. The zero-order valence-electron chi connectivity index (χ0n) is 9.13. The van der Waals surface area contributed by atoms with Crippen molar-refractivity contribution >= 4 is 21.9 Å². The lowest BCUT2D eigenvalue weighted by atomic mass is 9.88. The van der Waals surface area contributed by atoms with Gasteiger partial charge in [0.2, 0.25) is 0 Å². The van der Waals surface area contributed by atoms with Gasteiger partial charge in [0.1, 0.15) is 0 Å². The summed E-state index contributed by atoms with van der Waals surface area (Å²) < 4.78 is 5.75. The zero-order chi connectivity index (χ0) is 11.5. The van der Waals surface area contributed by atoms with Crippen LogP contribution in [0.4, 0.5) is 0 Å². The van der Waals surface area contributed by atoms with Crippen molar-refractivity contribution in [3.05, 3.63) is 45.4 Å². The molecular formula is C13H13BrO2. The molecule has 0 bridgehead atoms. The first-order valence-electron chi connectivity index (χ1n) is 5.24. The van der Waals surface area contributed by atoms with Gasteiger partial charge in [0, 0.05) is 10.5 Å². The van der Waals surface area contributed by atoms with E-state index >= 15 is 0 Å². The number of ether oxygens (including phenoxy) is 1. The van der Waals surface area contributed by atoms with E-state index < -0.39 is 0 Å². The molecule has 84 valence electrons. The van der Waals surface area contributed by atoms with Crippen LogP contribution in [0.1, 0.15) is 17.5 Å². The van der Waals surface area contributed by atoms with Gasteiger partial charge in [-0.25, -0.2) is 4.79 Å². The average molecular weight is 281 g/mol. The summed E-state index contributed by atoms with van der Waals surface area (Å²) in [5.74, 6) is -0.254. The van der Waals surface area contributed by atoms with Crippen LogP contribution in [0.3, 0.4) is 0 Å². The second kappa shape index (κ2) is 4.83. The van der Waals surface area contributed by atoms with E-state index in [9.17, 15) is 4.79 Å². The fourth-order valence-corrected chi connectivity index (χ4v) is 2.39. The molecule has 0 N–H and O–H groups in total. The Kier molecular flexibility index (Phi) is 3.44. The van der Waals surface area contributed by atoms with Crippen LogP contribution in [0.25, 0.3) is 0 Å². The van der Waals surface area contributed by atoms with Crippen molar-refractivity contribution in [3.63, 3.8) is 0 Å². The first-order valence-corrected chi connectivity index (χ1v) is 6.03. The molecule has 2 rings (SSSR count). The Bertz CT molecular complexity index is 449. The van der Waals surface area contributed by atoms with E-state index in [-0.39, 0.29) is 5.97 Å². The number of carbonyl (C=O) groups excluding carboxylic acids is 1. The molecule has 0 heterocycles. The number of hydrogen-bond acceptors (Lipinski definition) is 2. The first kappa shape index (κ1) is 11.4. The molecular weight excluding hydrogens is 268 g/mol. The van der Waals surface area contributed by atoms with E-state index in [1.807, 2.05) is 6.07 Å². The lowest BCUT2D eigenvalue weighted by Gasteiger charge is -2.18. The summed E-state index contributed by atoms with van der Waals surface area (Å²) in [6.07, 6.45) is 4.42. The fraction of sp³-hybridized carbons (Fsp3) is 0.308. The number of esters is 1. The van der Waals surface area contributed by atoms with Gasteiger partial charge in [-0.15, -0.1) is 0 Å². The van der Waals surface area contributed by atoms with Crippen LogP contribution in [-0.2, 0) is 22.4 Å². The largest absolute Gasteiger partial charge is 0.466 e. The highest BCUT2D eigenvalue weighted by Gasteiger charge is 2.14. The van der Waals surface area contributed by atoms with E-state index in [1.54, 1.807) is 6.08 Å².